The number of rotatable bonds is 10. The maximum atomic E-state index is 14.4. The van der Waals surface area contributed by atoms with Gasteiger partial charge in [-0.25, -0.2) is 14.5 Å². The van der Waals surface area contributed by atoms with E-state index >= 15 is 0 Å². The van der Waals surface area contributed by atoms with E-state index in [2.05, 4.69) is 10.1 Å². The first kappa shape index (κ1) is 23.6. The van der Waals surface area contributed by atoms with Crippen LogP contribution in [0, 0.1) is 5.92 Å². The molecule has 0 aliphatic rings. The molecule has 0 aliphatic carbocycles. The van der Waals surface area contributed by atoms with Crippen LogP contribution in [0.2, 0.25) is 0 Å². The molecule has 0 spiro atoms. The summed E-state index contributed by atoms with van der Waals surface area (Å²) in [5, 5.41) is 13.5. The second kappa shape index (κ2) is 10.0. The Labute approximate surface area is 187 Å². The smallest absolute Gasteiger partial charge is 0.335 e. The minimum absolute atomic E-state index is 0.266. The number of aromatic nitrogens is 3. The predicted octanol–water partition coefficient (Wildman–Crippen LogP) is 5.71. The van der Waals surface area contributed by atoms with Crippen molar-refractivity contribution >= 4 is 5.97 Å². The molecule has 0 saturated heterocycles. The van der Waals surface area contributed by atoms with Crippen LogP contribution in [0.5, 0.6) is 0 Å². The van der Waals surface area contributed by atoms with Gasteiger partial charge in [0.15, 0.2) is 0 Å². The third-order valence-electron chi connectivity index (χ3n) is 5.23. The topological polar surface area (TPSA) is 68.0 Å². The third-order valence-corrected chi connectivity index (χ3v) is 5.23. The van der Waals surface area contributed by atoms with E-state index in [4.69, 9.17) is 0 Å². The van der Waals surface area contributed by atoms with Gasteiger partial charge in [-0.1, -0.05) is 63.2 Å². The fraction of sp³-hybridized carbons (Fsp3) is 0.400. The lowest BCUT2D eigenvalue weighted by atomic mass is 9.99. The van der Waals surface area contributed by atoms with Crippen LogP contribution < -0.4 is 0 Å². The Morgan fingerprint density at radius 3 is 2.38 bits per heavy atom. The average Bonchev–Trinajstić information content (AvgIpc) is 3.12. The monoisotopic (exact) mass is 441 g/mol. The van der Waals surface area contributed by atoms with Crippen molar-refractivity contribution in [3.05, 3.63) is 82.4 Å². The molecule has 0 atom stereocenters. The molecule has 1 aromatic heterocycles. The first-order valence-electron chi connectivity index (χ1n) is 10.9. The van der Waals surface area contributed by atoms with E-state index in [-0.39, 0.29) is 17.9 Å². The van der Waals surface area contributed by atoms with Crippen molar-refractivity contribution in [2.75, 3.05) is 0 Å². The van der Waals surface area contributed by atoms with Gasteiger partial charge in [0.05, 0.1) is 12.1 Å². The summed E-state index contributed by atoms with van der Waals surface area (Å²) in [4.78, 5) is 15.6. The first-order chi connectivity index (χ1) is 15.2. The highest BCUT2D eigenvalue weighted by Crippen LogP contribution is 2.31. The molecular weight excluding hydrogens is 412 g/mol. The van der Waals surface area contributed by atoms with Crippen LogP contribution in [-0.4, -0.2) is 25.8 Å². The number of halogens is 2. The molecule has 0 bridgehead atoms. The number of benzene rings is 2. The lowest BCUT2D eigenvalue weighted by Gasteiger charge is -2.10. The SMILES string of the molecule is CCCC(F)(F)c1nc(CC(C)C)n(Cc2ccc(Cc3ccccc3C(=O)O)cc2)n1. The van der Waals surface area contributed by atoms with E-state index in [1.54, 1.807) is 23.7 Å². The highest BCUT2D eigenvalue weighted by molar-refractivity contribution is 5.89. The molecule has 0 saturated carbocycles. The number of hydrogen-bond acceptors (Lipinski definition) is 3. The Bertz CT molecular complexity index is 1060. The van der Waals surface area contributed by atoms with Crippen molar-refractivity contribution in [1.82, 2.24) is 14.8 Å². The standard InChI is InChI=1S/C25H29F2N3O2/c1-4-13-25(26,27)24-28-22(14-17(2)3)30(29-24)16-19-11-9-18(10-12-19)15-20-7-5-6-8-21(20)23(31)32/h5-12,17H,4,13-16H2,1-3H3,(H,31,32). The second-order valence-corrected chi connectivity index (χ2v) is 8.52. The summed E-state index contributed by atoms with van der Waals surface area (Å²) in [6.07, 6.45) is 1.15. The molecule has 0 amide bonds. The fourth-order valence-corrected chi connectivity index (χ4v) is 3.64. The maximum absolute atomic E-state index is 14.4. The summed E-state index contributed by atoms with van der Waals surface area (Å²) >= 11 is 0. The van der Waals surface area contributed by atoms with Crippen LogP contribution in [0.3, 0.4) is 0 Å². The van der Waals surface area contributed by atoms with Gasteiger partial charge in [-0.15, -0.1) is 5.10 Å². The van der Waals surface area contributed by atoms with Gasteiger partial charge in [0.1, 0.15) is 5.82 Å². The minimum Gasteiger partial charge on any atom is -0.478 e. The normalized spacial score (nSPS) is 11.8. The van der Waals surface area contributed by atoms with Gasteiger partial charge < -0.3 is 5.11 Å². The average molecular weight is 442 g/mol. The fourth-order valence-electron chi connectivity index (χ4n) is 3.64. The molecule has 0 aliphatic heterocycles. The van der Waals surface area contributed by atoms with Crippen molar-refractivity contribution in [1.29, 1.82) is 0 Å². The van der Waals surface area contributed by atoms with Crippen molar-refractivity contribution in [3.63, 3.8) is 0 Å². The van der Waals surface area contributed by atoms with Gasteiger partial charge >= 0.3 is 11.9 Å². The third kappa shape index (κ3) is 5.78. The molecular formula is C25H29F2N3O2. The van der Waals surface area contributed by atoms with E-state index in [0.717, 1.165) is 16.7 Å². The van der Waals surface area contributed by atoms with Gasteiger partial charge in [-0.3, -0.25) is 0 Å². The molecule has 1 N–H and O–H groups in total. The summed E-state index contributed by atoms with van der Waals surface area (Å²) in [5.41, 5.74) is 2.92. The number of hydrogen-bond donors (Lipinski definition) is 1. The molecule has 0 fully saturated rings. The number of alkyl halides is 2. The summed E-state index contributed by atoms with van der Waals surface area (Å²) in [5.74, 6) is -3.56. The van der Waals surface area contributed by atoms with Crippen LogP contribution in [-0.2, 0) is 25.3 Å². The zero-order valence-corrected chi connectivity index (χ0v) is 18.7. The quantitative estimate of drug-likeness (QED) is 0.438. The summed E-state index contributed by atoms with van der Waals surface area (Å²) in [6, 6.07) is 14.6. The van der Waals surface area contributed by atoms with Crippen LogP contribution in [0.25, 0.3) is 0 Å². The molecule has 5 nitrogen and oxygen atoms in total. The highest BCUT2D eigenvalue weighted by atomic mass is 19.3. The Kier molecular flexibility index (Phi) is 7.38. The Morgan fingerprint density at radius 1 is 1.09 bits per heavy atom. The number of aromatic carboxylic acids is 1. The molecule has 2 aromatic carbocycles. The van der Waals surface area contributed by atoms with E-state index in [1.165, 1.54) is 0 Å². The number of nitrogens with zero attached hydrogens (tertiary/aromatic N) is 3. The maximum Gasteiger partial charge on any atom is 0.335 e. The van der Waals surface area contributed by atoms with E-state index < -0.39 is 17.7 Å². The molecule has 1 heterocycles. The van der Waals surface area contributed by atoms with Crippen LogP contribution in [0.1, 0.15) is 72.3 Å². The summed E-state index contributed by atoms with van der Waals surface area (Å²) < 4.78 is 30.4. The largest absolute Gasteiger partial charge is 0.478 e. The zero-order valence-electron chi connectivity index (χ0n) is 18.7. The lowest BCUT2D eigenvalue weighted by Crippen LogP contribution is -2.15. The molecule has 0 unspecified atom stereocenters. The van der Waals surface area contributed by atoms with E-state index in [0.29, 0.717) is 31.6 Å². The lowest BCUT2D eigenvalue weighted by molar-refractivity contribution is -0.0232. The van der Waals surface area contributed by atoms with Crippen LogP contribution >= 0.6 is 0 Å². The van der Waals surface area contributed by atoms with Gasteiger partial charge in [0, 0.05) is 12.8 Å². The van der Waals surface area contributed by atoms with E-state index in [9.17, 15) is 18.7 Å². The highest BCUT2D eigenvalue weighted by Gasteiger charge is 2.36. The predicted molar refractivity (Wildman–Crippen MR) is 119 cm³/mol. The second-order valence-electron chi connectivity index (χ2n) is 8.52. The number of carboxylic acids is 1. The Morgan fingerprint density at radius 2 is 1.75 bits per heavy atom. The van der Waals surface area contributed by atoms with Crippen molar-refractivity contribution in [3.8, 4) is 0 Å². The minimum atomic E-state index is -3.03. The van der Waals surface area contributed by atoms with Gasteiger partial charge in [-0.2, -0.15) is 8.78 Å². The van der Waals surface area contributed by atoms with E-state index in [1.807, 2.05) is 50.2 Å². The van der Waals surface area contributed by atoms with Gasteiger partial charge in [-0.05, 0) is 41.5 Å². The van der Waals surface area contributed by atoms with Gasteiger partial charge in [0.25, 0.3) is 0 Å². The Balaban J connectivity index is 1.80. The molecule has 170 valence electrons. The first-order valence-corrected chi connectivity index (χ1v) is 10.9. The zero-order chi connectivity index (χ0) is 23.3. The number of carbonyl (C=O) groups is 1. The van der Waals surface area contributed by atoms with Crippen molar-refractivity contribution in [2.24, 2.45) is 5.92 Å². The molecule has 0 radical (unpaired) electrons. The molecule has 3 aromatic rings. The number of carboxylic acid groups (broad SMARTS) is 1. The van der Waals surface area contributed by atoms with Crippen molar-refractivity contribution < 1.29 is 18.7 Å². The van der Waals surface area contributed by atoms with Crippen molar-refractivity contribution in [2.45, 2.75) is 58.9 Å². The Hall–Kier alpha value is -3.09. The molecule has 3 rings (SSSR count). The molecule has 7 heteroatoms. The van der Waals surface area contributed by atoms with Gasteiger partial charge in [0.2, 0.25) is 5.82 Å². The summed E-state index contributed by atoms with van der Waals surface area (Å²) in [7, 11) is 0. The molecule has 32 heavy (non-hydrogen) atoms. The van der Waals surface area contributed by atoms with Crippen LogP contribution in [0.15, 0.2) is 48.5 Å². The van der Waals surface area contributed by atoms with Crippen LogP contribution in [0.4, 0.5) is 8.78 Å². The summed E-state index contributed by atoms with van der Waals surface area (Å²) in [6.45, 7) is 6.11.